The molecule has 1 atom stereocenters. The third-order valence-electron chi connectivity index (χ3n) is 4.89. The normalized spacial score (nSPS) is 19.1. The molecule has 2 aromatic carbocycles. The zero-order valence-corrected chi connectivity index (χ0v) is 15.9. The Bertz CT molecular complexity index is 1020. The molecule has 0 bridgehead atoms. The molecule has 1 N–H and O–H groups in total. The molecular weight excluding hydrogens is 378 g/mol. The number of nitrogens with one attached hydrogen (secondary N) is 1. The van der Waals surface area contributed by atoms with Crippen molar-refractivity contribution in [1.82, 2.24) is 25.2 Å². The highest BCUT2D eigenvalue weighted by molar-refractivity contribution is 6.30. The van der Waals surface area contributed by atoms with Crippen molar-refractivity contribution < 1.29 is 9.59 Å². The Balaban J connectivity index is 1.59. The van der Waals surface area contributed by atoms with Gasteiger partial charge in [0.2, 0.25) is 0 Å². The maximum atomic E-state index is 13.2. The van der Waals surface area contributed by atoms with Crippen LogP contribution in [-0.4, -0.2) is 31.8 Å². The number of carbonyl (C=O) groups excluding carboxylic acids is 2. The standard InChI is InChI=1S/C20H18ClN5O2/c1-2-20(14-8-10-15(21)11-9-14)18(27)25(19(28)23-20)13-16-12-22-26(24-16)17-6-4-3-5-7-17/h3-12H,2,13H2,1H3,(H,23,28). The van der Waals surface area contributed by atoms with Gasteiger partial charge in [0.1, 0.15) is 11.2 Å². The molecule has 0 aliphatic carbocycles. The van der Waals surface area contributed by atoms with Crippen LogP contribution in [0.5, 0.6) is 0 Å². The van der Waals surface area contributed by atoms with E-state index in [4.69, 9.17) is 11.6 Å². The van der Waals surface area contributed by atoms with Crippen molar-refractivity contribution in [3.8, 4) is 5.69 Å². The van der Waals surface area contributed by atoms with Gasteiger partial charge in [0.25, 0.3) is 5.91 Å². The van der Waals surface area contributed by atoms with E-state index < -0.39 is 11.6 Å². The summed E-state index contributed by atoms with van der Waals surface area (Å²) in [4.78, 5) is 28.4. The van der Waals surface area contributed by atoms with Crippen LogP contribution in [0.2, 0.25) is 5.02 Å². The molecule has 1 aliphatic rings. The molecule has 8 heteroatoms. The maximum Gasteiger partial charge on any atom is 0.325 e. The number of carbonyl (C=O) groups is 2. The first-order valence-electron chi connectivity index (χ1n) is 8.90. The summed E-state index contributed by atoms with van der Waals surface area (Å²) >= 11 is 5.96. The van der Waals surface area contributed by atoms with Crippen LogP contribution in [0.25, 0.3) is 5.69 Å². The summed E-state index contributed by atoms with van der Waals surface area (Å²) in [5, 5.41) is 12.0. The Morgan fingerprint density at radius 1 is 1.07 bits per heavy atom. The third kappa shape index (κ3) is 3.03. The van der Waals surface area contributed by atoms with Crippen molar-refractivity contribution >= 4 is 23.5 Å². The summed E-state index contributed by atoms with van der Waals surface area (Å²) in [6.45, 7) is 1.91. The minimum atomic E-state index is -1.10. The summed E-state index contributed by atoms with van der Waals surface area (Å²) in [5.41, 5.74) is 0.926. The highest BCUT2D eigenvalue weighted by Crippen LogP contribution is 2.33. The van der Waals surface area contributed by atoms with Crippen LogP contribution in [0.15, 0.2) is 60.8 Å². The van der Waals surface area contributed by atoms with Gasteiger partial charge in [0, 0.05) is 5.02 Å². The van der Waals surface area contributed by atoms with Crippen LogP contribution in [0.3, 0.4) is 0 Å². The molecular formula is C20H18ClN5O2. The van der Waals surface area contributed by atoms with Gasteiger partial charge in [-0.3, -0.25) is 9.69 Å². The van der Waals surface area contributed by atoms with Crippen molar-refractivity contribution in [2.45, 2.75) is 25.4 Å². The Morgan fingerprint density at radius 3 is 2.46 bits per heavy atom. The number of para-hydroxylation sites is 1. The highest BCUT2D eigenvalue weighted by Gasteiger charge is 2.51. The van der Waals surface area contributed by atoms with Crippen LogP contribution in [0.1, 0.15) is 24.6 Å². The first-order chi connectivity index (χ1) is 13.5. The first kappa shape index (κ1) is 18.2. The van der Waals surface area contributed by atoms with Gasteiger partial charge in [-0.05, 0) is 36.2 Å². The van der Waals surface area contributed by atoms with Gasteiger partial charge in [0.05, 0.1) is 18.4 Å². The second kappa shape index (κ2) is 7.09. The number of benzene rings is 2. The van der Waals surface area contributed by atoms with Crippen molar-refractivity contribution in [1.29, 1.82) is 0 Å². The lowest BCUT2D eigenvalue weighted by molar-refractivity contribution is -0.132. The minimum absolute atomic E-state index is 0.0485. The lowest BCUT2D eigenvalue weighted by Crippen LogP contribution is -2.43. The van der Waals surface area contributed by atoms with Gasteiger partial charge in [-0.1, -0.05) is 48.9 Å². The number of halogens is 1. The Kier molecular flexibility index (Phi) is 4.60. The Hall–Kier alpha value is -3.19. The first-order valence-corrected chi connectivity index (χ1v) is 9.28. The second-order valence-corrected chi connectivity index (χ2v) is 6.98. The van der Waals surface area contributed by atoms with Crippen LogP contribution < -0.4 is 5.32 Å². The quantitative estimate of drug-likeness (QED) is 0.672. The zero-order valence-electron chi connectivity index (χ0n) is 15.2. The molecule has 1 aliphatic heterocycles. The molecule has 0 spiro atoms. The molecule has 4 rings (SSSR count). The Morgan fingerprint density at radius 2 is 1.79 bits per heavy atom. The summed E-state index contributed by atoms with van der Waals surface area (Å²) in [7, 11) is 0. The largest absolute Gasteiger partial charge is 0.325 e. The number of rotatable bonds is 5. The molecule has 7 nitrogen and oxygen atoms in total. The summed E-state index contributed by atoms with van der Waals surface area (Å²) in [6.07, 6.45) is 1.98. The van der Waals surface area contributed by atoms with Gasteiger partial charge in [-0.25, -0.2) is 4.79 Å². The predicted octanol–water partition coefficient (Wildman–Crippen LogP) is 3.28. The number of hydrogen-bond acceptors (Lipinski definition) is 4. The number of aromatic nitrogens is 3. The lowest BCUT2D eigenvalue weighted by Gasteiger charge is -2.25. The minimum Gasteiger partial charge on any atom is -0.319 e. The molecule has 1 unspecified atom stereocenters. The van der Waals surface area contributed by atoms with Crippen molar-refractivity contribution in [2.24, 2.45) is 0 Å². The van der Waals surface area contributed by atoms with Crippen molar-refractivity contribution in [3.05, 3.63) is 77.1 Å². The SMILES string of the molecule is CCC1(c2ccc(Cl)cc2)NC(=O)N(Cc2cnn(-c3ccccc3)n2)C1=O. The van der Waals surface area contributed by atoms with Gasteiger partial charge in [-0.15, -0.1) is 0 Å². The van der Waals surface area contributed by atoms with Crippen LogP contribution >= 0.6 is 11.6 Å². The maximum absolute atomic E-state index is 13.2. The van der Waals surface area contributed by atoms with E-state index in [1.165, 1.54) is 9.70 Å². The molecule has 1 saturated heterocycles. The smallest absolute Gasteiger partial charge is 0.319 e. The average molecular weight is 396 g/mol. The summed E-state index contributed by atoms with van der Waals surface area (Å²) < 4.78 is 0. The Labute approximate surface area is 166 Å². The number of urea groups is 1. The van der Waals surface area contributed by atoms with E-state index >= 15 is 0 Å². The molecule has 0 saturated carbocycles. The molecule has 142 valence electrons. The van der Waals surface area contributed by atoms with E-state index in [-0.39, 0.29) is 12.5 Å². The molecule has 0 radical (unpaired) electrons. The fraction of sp³-hybridized carbons (Fsp3) is 0.200. The van der Waals surface area contributed by atoms with Gasteiger partial charge in [-0.2, -0.15) is 15.0 Å². The summed E-state index contributed by atoms with van der Waals surface area (Å²) in [6, 6.07) is 15.9. The molecule has 3 amide bonds. The third-order valence-corrected chi connectivity index (χ3v) is 5.14. The summed E-state index contributed by atoms with van der Waals surface area (Å²) in [5.74, 6) is -0.309. The molecule has 28 heavy (non-hydrogen) atoms. The van der Waals surface area contributed by atoms with E-state index in [2.05, 4.69) is 15.5 Å². The number of hydrogen-bond donors (Lipinski definition) is 1. The van der Waals surface area contributed by atoms with Crippen LogP contribution in [0.4, 0.5) is 4.79 Å². The molecule has 1 aromatic heterocycles. The van der Waals surface area contributed by atoms with E-state index in [1.54, 1.807) is 30.5 Å². The van der Waals surface area contributed by atoms with Gasteiger partial charge >= 0.3 is 6.03 Å². The van der Waals surface area contributed by atoms with Crippen molar-refractivity contribution in [2.75, 3.05) is 0 Å². The van der Waals surface area contributed by atoms with E-state index in [0.717, 1.165) is 5.69 Å². The number of nitrogens with zero attached hydrogens (tertiary/aromatic N) is 4. The van der Waals surface area contributed by atoms with Gasteiger partial charge in [0.15, 0.2) is 0 Å². The zero-order chi connectivity index (χ0) is 19.7. The number of amides is 3. The topological polar surface area (TPSA) is 80.1 Å². The van der Waals surface area contributed by atoms with Gasteiger partial charge < -0.3 is 5.32 Å². The van der Waals surface area contributed by atoms with Crippen LogP contribution in [0, 0.1) is 0 Å². The fourth-order valence-corrected chi connectivity index (χ4v) is 3.48. The lowest BCUT2D eigenvalue weighted by atomic mass is 9.87. The molecule has 1 fully saturated rings. The monoisotopic (exact) mass is 395 g/mol. The highest BCUT2D eigenvalue weighted by atomic mass is 35.5. The average Bonchev–Trinajstić information content (AvgIpc) is 3.28. The van der Waals surface area contributed by atoms with Crippen molar-refractivity contribution in [3.63, 3.8) is 0 Å². The molecule has 3 aromatic rings. The fourth-order valence-electron chi connectivity index (χ4n) is 3.36. The molecule has 2 heterocycles. The predicted molar refractivity (Wildman–Crippen MR) is 104 cm³/mol. The van der Waals surface area contributed by atoms with E-state index in [0.29, 0.717) is 22.7 Å². The van der Waals surface area contributed by atoms with E-state index in [9.17, 15) is 9.59 Å². The van der Waals surface area contributed by atoms with Crippen LogP contribution in [-0.2, 0) is 16.9 Å². The second-order valence-electron chi connectivity index (χ2n) is 6.55. The number of imide groups is 1. The van der Waals surface area contributed by atoms with E-state index in [1.807, 2.05) is 37.3 Å².